The van der Waals surface area contributed by atoms with Gasteiger partial charge in [-0.15, -0.1) is 12.6 Å². The van der Waals surface area contributed by atoms with Crippen molar-refractivity contribution in [3.05, 3.63) is 125 Å². The Morgan fingerprint density at radius 1 is 0.438 bits per heavy atom. The van der Waals surface area contributed by atoms with Crippen molar-refractivity contribution in [2.24, 2.45) is 0 Å². The molecule has 0 fully saturated rings. The van der Waals surface area contributed by atoms with Gasteiger partial charge in [-0.3, -0.25) is 0 Å². The van der Waals surface area contributed by atoms with Crippen LogP contribution < -0.4 is 0 Å². The van der Waals surface area contributed by atoms with Gasteiger partial charge in [0, 0.05) is 27.1 Å². The summed E-state index contributed by atoms with van der Waals surface area (Å²) in [6.07, 6.45) is 0. The minimum atomic E-state index is 0.942. The highest BCUT2D eigenvalue weighted by Crippen LogP contribution is 2.25. The molecule has 0 heterocycles. The fourth-order valence-corrected chi connectivity index (χ4v) is 3.77. The molecule has 0 spiro atoms. The maximum Gasteiger partial charge on any atom is 0.0255 e. The second-order valence-electron chi connectivity index (χ2n) is 7.89. The zero-order valence-corrected chi connectivity index (χ0v) is 18.6. The van der Waals surface area contributed by atoms with Crippen molar-refractivity contribution in [1.82, 2.24) is 0 Å². The number of hydrogen-bond donors (Lipinski definition) is 1. The molecule has 0 nitrogen and oxygen atoms in total. The van der Waals surface area contributed by atoms with Crippen molar-refractivity contribution in [2.75, 3.05) is 0 Å². The Kier molecular flexibility index (Phi) is 5.43. The first-order valence-electron chi connectivity index (χ1n) is 10.5. The van der Waals surface area contributed by atoms with Crippen molar-refractivity contribution in [1.29, 1.82) is 0 Å². The Labute approximate surface area is 194 Å². The monoisotopic (exact) mass is 424 g/mol. The van der Waals surface area contributed by atoms with Crippen LogP contribution in [0.1, 0.15) is 27.8 Å². The Morgan fingerprint density at radius 2 is 0.844 bits per heavy atom. The number of hydrogen-bond acceptors (Lipinski definition) is 1. The van der Waals surface area contributed by atoms with Crippen molar-refractivity contribution in [3.8, 4) is 23.7 Å². The minimum Gasteiger partial charge on any atom is -0.143 e. The fourth-order valence-electron chi connectivity index (χ4n) is 3.62. The number of rotatable bonds is 0. The molecule has 1 heteroatoms. The Bertz CT molecular complexity index is 1440. The number of aryl methyl sites for hydroxylation is 1. The SMILES string of the molecule is Cc1ccc(C#Cc2ccc3cc4cc(C#Cc5ccc(S)cc5)ccc4cc3c2)cc1. The zero-order valence-electron chi connectivity index (χ0n) is 17.7. The molecule has 0 aliphatic rings. The van der Waals surface area contributed by atoms with Crippen LogP contribution in [0, 0.1) is 30.6 Å². The molecule has 0 N–H and O–H groups in total. The third-order valence-corrected chi connectivity index (χ3v) is 5.71. The predicted molar refractivity (Wildman–Crippen MR) is 138 cm³/mol. The van der Waals surface area contributed by atoms with Crippen LogP contribution in [0.15, 0.2) is 102 Å². The zero-order chi connectivity index (χ0) is 21.9. The molecule has 0 aromatic heterocycles. The van der Waals surface area contributed by atoms with Crippen LogP contribution in [-0.4, -0.2) is 0 Å². The van der Waals surface area contributed by atoms with Gasteiger partial charge in [-0.25, -0.2) is 0 Å². The molecule has 0 saturated heterocycles. The maximum absolute atomic E-state index is 4.32. The number of thiol groups is 1. The molecule has 5 aromatic carbocycles. The van der Waals surface area contributed by atoms with Crippen LogP contribution in [0.5, 0.6) is 0 Å². The Balaban J connectivity index is 1.46. The lowest BCUT2D eigenvalue weighted by Crippen LogP contribution is -1.82. The van der Waals surface area contributed by atoms with E-state index in [1.807, 2.05) is 24.3 Å². The molecular formula is C31H20S. The van der Waals surface area contributed by atoms with E-state index in [0.717, 1.165) is 27.1 Å². The molecule has 5 aromatic rings. The lowest BCUT2D eigenvalue weighted by Gasteiger charge is -2.04. The molecule has 0 radical (unpaired) electrons. The van der Waals surface area contributed by atoms with Crippen LogP contribution in [0.4, 0.5) is 0 Å². The minimum absolute atomic E-state index is 0.942. The maximum atomic E-state index is 4.32. The number of benzene rings is 5. The first-order chi connectivity index (χ1) is 15.6. The van der Waals surface area contributed by atoms with E-state index in [1.165, 1.54) is 27.1 Å². The van der Waals surface area contributed by atoms with Crippen molar-refractivity contribution < 1.29 is 0 Å². The van der Waals surface area contributed by atoms with E-state index >= 15 is 0 Å². The first kappa shape index (κ1) is 20.0. The normalized spacial score (nSPS) is 10.3. The summed E-state index contributed by atoms with van der Waals surface area (Å²) < 4.78 is 0. The van der Waals surface area contributed by atoms with Crippen LogP contribution in [0.2, 0.25) is 0 Å². The van der Waals surface area contributed by atoms with Gasteiger partial charge >= 0.3 is 0 Å². The summed E-state index contributed by atoms with van der Waals surface area (Å²) in [5.74, 6) is 13.1. The van der Waals surface area contributed by atoms with Crippen LogP contribution in [-0.2, 0) is 0 Å². The molecule has 0 atom stereocenters. The summed E-state index contributed by atoms with van der Waals surface area (Å²) in [6, 6.07) is 33.4. The second kappa shape index (κ2) is 8.68. The number of fused-ring (bicyclic) bond motifs is 2. The van der Waals surface area contributed by atoms with Gasteiger partial charge in [0.15, 0.2) is 0 Å². The van der Waals surface area contributed by atoms with Gasteiger partial charge in [-0.1, -0.05) is 53.5 Å². The molecule has 0 aliphatic heterocycles. The summed E-state index contributed by atoms with van der Waals surface area (Å²) in [5.41, 5.74) is 5.29. The van der Waals surface area contributed by atoms with E-state index in [9.17, 15) is 0 Å². The third-order valence-electron chi connectivity index (χ3n) is 5.42. The highest BCUT2D eigenvalue weighted by atomic mass is 32.1. The van der Waals surface area contributed by atoms with E-state index in [0.29, 0.717) is 0 Å². The van der Waals surface area contributed by atoms with Gasteiger partial charge in [0.2, 0.25) is 0 Å². The molecule has 150 valence electrons. The summed E-state index contributed by atoms with van der Waals surface area (Å²) in [6.45, 7) is 2.09. The standard InChI is InChI=1S/C31H20S/c1-22-2-4-23(5-3-22)6-8-25-10-14-27-21-30-19-26(11-15-28(30)20-29(27)18-25)9-7-24-12-16-31(32)17-13-24/h2-5,10-21,32H,1H3. The molecule has 5 rings (SSSR count). The van der Waals surface area contributed by atoms with Gasteiger partial charge in [0.1, 0.15) is 0 Å². The molecule has 0 amide bonds. The molecule has 0 aliphatic carbocycles. The third kappa shape index (κ3) is 4.55. The van der Waals surface area contributed by atoms with Crippen molar-refractivity contribution in [3.63, 3.8) is 0 Å². The molecule has 0 bridgehead atoms. The van der Waals surface area contributed by atoms with Gasteiger partial charge < -0.3 is 0 Å². The summed E-state index contributed by atoms with van der Waals surface area (Å²) >= 11 is 4.32. The average Bonchev–Trinajstić information content (AvgIpc) is 2.82. The van der Waals surface area contributed by atoms with Gasteiger partial charge in [-0.2, -0.15) is 0 Å². The van der Waals surface area contributed by atoms with Gasteiger partial charge in [-0.05, 0) is 101 Å². The van der Waals surface area contributed by atoms with Crippen molar-refractivity contribution in [2.45, 2.75) is 11.8 Å². The van der Waals surface area contributed by atoms with Crippen molar-refractivity contribution >= 4 is 34.2 Å². The molecule has 32 heavy (non-hydrogen) atoms. The van der Waals surface area contributed by atoms with Crippen LogP contribution in [0.3, 0.4) is 0 Å². The Hall–Kier alpha value is -3.91. The smallest absolute Gasteiger partial charge is 0.0255 e. The molecular weight excluding hydrogens is 404 g/mol. The average molecular weight is 425 g/mol. The molecule has 0 unspecified atom stereocenters. The quantitative estimate of drug-likeness (QED) is 0.150. The molecule has 0 saturated carbocycles. The van der Waals surface area contributed by atoms with E-state index in [1.54, 1.807) is 0 Å². The summed E-state index contributed by atoms with van der Waals surface area (Å²) in [4.78, 5) is 0.942. The fraction of sp³-hybridized carbons (Fsp3) is 0.0323. The predicted octanol–water partition coefficient (Wildman–Crippen LogP) is 7.39. The van der Waals surface area contributed by atoms with E-state index in [-0.39, 0.29) is 0 Å². The van der Waals surface area contributed by atoms with Gasteiger partial charge in [0.25, 0.3) is 0 Å². The highest BCUT2D eigenvalue weighted by molar-refractivity contribution is 7.80. The second-order valence-corrected chi connectivity index (χ2v) is 8.41. The van der Waals surface area contributed by atoms with E-state index in [2.05, 4.69) is 116 Å². The largest absolute Gasteiger partial charge is 0.143 e. The van der Waals surface area contributed by atoms with E-state index in [4.69, 9.17) is 0 Å². The summed E-state index contributed by atoms with van der Waals surface area (Å²) in [5, 5.41) is 4.78. The van der Waals surface area contributed by atoms with E-state index < -0.39 is 0 Å². The lowest BCUT2D eigenvalue weighted by atomic mass is 10.00. The first-order valence-corrected chi connectivity index (χ1v) is 10.9. The van der Waals surface area contributed by atoms with Crippen LogP contribution >= 0.6 is 12.6 Å². The Morgan fingerprint density at radius 3 is 1.34 bits per heavy atom. The highest BCUT2D eigenvalue weighted by Gasteiger charge is 2.01. The van der Waals surface area contributed by atoms with Crippen LogP contribution in [0.25, 0.3) is 21.5 Å². The lowest BCUT2D eigenvalue weighted by molar-refractivity contribution is 1.46. The van der Waals surface area contributed by atoms with Gasteiger partial charge in [0.05, 0.1) is 0 Å². The summed E-state index contributed by atoms with van der Waals surface area (Å²) in [7, 11) is 0. The topological polar surface area (TPSA) is 0 Å².